The van der Waals surface area contributed by atoms with Crippen LogP contribution in [0.3, 0.4) is 0 Å². The zero-order valence-corrected chi connectivity index (χ0v) is 12.2. The van der Waals surface area contributed by atoms with Gasteiger partial charge in [-0.25, -0.2) is 0 Å². The highest BCUT2D eigenvalue weighted by Crippen LogP contribution is 2.23. The Morgan fingerprint density at radius 3 is 2.70 bits per heavy atom. The molecule has 0 spiro atoms. The number of hydrogen-bond donors (Lipinski definition) is 1. The molecule has 0 bridgehead atoms. The molecule has 1 atom stereocenters. The monoisotopic (exact) mass is 292 g/mol. The van der Waals surface area contributed by atoms with E-state index >= 15 is 0 Å². The summed E-state index contributed by atoms with van der Waals surface area (Å²) in [5.74, 6) is 0.734. The highest BCUT2D eigenvalue weighted by atomic mass is 32.2. The molecule has 1 aromatic heterocycles. The molecule has 1 aromatic carbocycles. The van der Waals surface area contributed by atoms with Crippen molar-refractivity contribution < 1.29 is 14.3 Å². The summed E-state index contributed by atoms with van der Waals surface area (Å²) >= 11 is 1.49. The van der Waals surface area contributed by atoms with E-state index in [0.717, 1.165) is 5.56 Å². The van der Waals surface area contributed by atoms with E-state index < -0.39 is 5.97 Å². The van der Waals surface area contributed by atoms with E-state index in [0.29, 0.717) is 17.5 Å². The second kappa shape index (κ2) is 6.56. The number of aromatic nitrogens is 2. The van der Waals surface area contributed by atoms with Crippen molar-refractivity contribution in [3.63, 3.8) is 0 Å². The maximum Gasteiger partial charge on any atom is 0.304 e. The molecule has 2 aromatic rings. The van der Waals surface area contributed by atoms with Crippen LogP contribution >= 0.6 is 11.8 Å². The highest BCUT2D eigenvalue weighted by Gasteiger charge is 2.12. The Morgan fingerprint density at radius 2 is 2.05 bits per heavy atom. The summed E-state index contributed by atoms with van der Waals surface area (Å²) in [5.41, 5.74) is 2.06. The van der Waals surface area contributed by atoms with Gasteiger partial charge in [-0.1, -0.05) is 24.6 Å². The first kappa shape index (κ1) is 14.6. The lowest BCUT2D eigenvalue weighted by atomic mass is 10.1. The molecule has 1 N–H and O–H groups in total. The number of carboxylic acid groups (broad SMARTS) is 1. The molecule has 106 valence electrons. The molecule has 0 radical (unpaired) electrons. The lowest BCUT2D eigenvalue weighted by Crippen LogP contribution is -2.05. The van der Waals surface area contributed by atoms with Crippen molar-refractivity contribution in [1.82, 2.24) is 10.2 Å². The SMILES string of the molecule is Cc1ccc(-c2nnc(CSC(C)CC(=O)O)o2)cc1. The van der Waals surface area contributed by atoms with Crippen molar-refractivity contribution in [2.24, 2.45) is 0 Å². The van der Waals surface area contributed by atoms with Gasteiger partial charge >= 0.3 is 5.97 Å². The first-order valence-electron chi connectivity index (χ1n) is 6.27. The topological polar surface area (TPSA) is 76.2 Å². The average Bonchev–Trinajstić information content (AvgIpc) is 2.85. The van der Waals surface area contributed by atoms with E-state index in [1.807, 2.05) is 38.1 Å². The van der Waals surface area contributed by atoms with Crippen LogP contribution in [0.4, 0.5) is 0 Å². The van der Waals surface area contributed by atoms with Gasteiger partial charge in [0.1, 0.15) is 0 Å². The van der Waals surface area contributed by atoms with Gasteiger partial charge in [0.05, 0.1) is 12.2 Å². The van der Waals surface area contributed by atoms with Crippen LogP contribution in [0.15, 0.2) is 28.7 Å². The van der Waals surface area contributed by atoms with Crippen molar-refractivity contribution >= 4 is 17.7 Å². The molecule has 0 aliphatic carbocycles. The number of carbonyl (C=O) groups is 1. The lowest BCUT2D eigenvalue weighted by Gasteiger charge is -2.05. The molecule has 2 rings (SSSR count). The Kier molecular flexibility index (Phi) is 4.79. The van der Waals surface area contributed by atoms with Gasteiger partial charge in [-0.2, -0.15) is 0 Å². The largest absolute Gasteiger partial charge is 0.481 e. The number of nitrogens with zero attached hydrogens (tertiary/aromatic N) is 2. The molecule has 5 nitrogen and oxygen atoms in total. The van der Waals surface area contributed by atoms with E-state index in [2.05, 4.69) is 10.2 Å². The molecule has 0 amide bonds. The van der Waals surface area contributed by atoms with Crippen molar-refractivity contribution in [3.05, 3.63) is 35.7 Å². The zero-order valence-electron chi connectivity index (χ0n) is 11.4. The quantitative estimate of drug-likeness (QED) is 0.881. The minimum Gasteiger partial charge on any atom is -0.481 e. The van der Waals surface area contributed by atoms with E-state index in [1.54, 1.807) is 0 Å². The number of carboxylic acids is 1. The molecular weight excluding hydrogens is 276 g/mol. The van der Waals surface area contributed by atoms with Crippen LogP contribution in [-0.2, 0) is 10.5 Å². The smallest absolute Gasteiger partial charge is 0.304 e. The molecule has 6 heteroatoms. The number of thioether (sulfide) groups is 1. The van der Waals surface area contributed by atoms with Crippen LogP contribution in [0.1, 0.15) is 24.8 Å². The molecule has 20 heavy (non-hydrogen) atoms. The molecular formula is C14H16N2O3S. The summed E-state index contributed by atoms with van der Waals surface area (Å²) in [6.45, 7) is 3.89. The van der Waals surface area contributed by atoms with Crippen LogP contribution in [0, 0.1) is 6.92 Å². The second-order valence-corrected chi connectivity index (χ2v) is 6.01. The fourth-order valence-electron chi connectivity index (χ4n) is 1.64. The second-order valence-electron chi connectivity index (χ2n) is 4.59. The number of rotatable bonds is 6. The summed E-state index contributed by atoms with van der Waals surface area (Å²) in [6, 6.07) is 7.85. The predicted octanol–water partition coefficient (Wildman–Crippen LogP) is 3.14. The molecule has 0 fully saturated rings. The number of benzene rings is 1. The minimum atomic E-state index is -0.795. The van der Waals surface area contributed by atoms with Crippen LogP contribution in [0.25, 0.3) is 11.5 Å². The third-order valence-corrected chi connectivity index (χ3v) is 3.87. The van der Waals surface area contributed by atoms with Gasteiger partial charge in [0.15, 0.2) is 0 Å². The highest BCUT2D eigenvalue weighted by molar-refractivity contribution is 7.99. The fourth-order valence-corrected chi connectivity index (χ4v) is 2.45. The van der Waals surface area contributed by atoms with Gasteiger partial charge in [0.25, 0.3) is 0 Å². The van der Waals surface area contributed by atoms with Crippen molar-refractivity contribution in [2.75, 3.05) is 0 Å². The Bertz CT molecular complexity index is 580. The summed E-state index contributed by atoms with van der Waals surface area (Å²) in [7, 11) is 0. The van der Waals surface area contributed by atoms with E-state index in [4.69, 9.17) is 9.52 Å². The van der Waals surface area contributed by atoms with Gasteiger partial charge < -0.3 is 9.52 Å². The van der Waals surface area contributed by atoms with Gasteiger partial charge in [0.2, 0.25) is 11.8 Å². The van der Waals surface area contributed by atoms with Crippen LogP contribution in [-0.4, -0.2) is 26.5 Å². The van der Waals surface area contributed by atoms with Crippen molar-refractivity contribution in [3.8, 4) is 11.5 Å². The summed E-state index contributed by atoms with van der Waals surface area (Å²) in [4.78, 5) is 10.6. The maximum atomic E-state index is 10.6. The number of hydrogen-bond acceptors (Lipinski definition) is 5. The molecule has 1 unspecified atom stereocenters. The van der Waals surface area contributed by atoms with Crippen LogP contribution < -0.4 is 0 Å². The molecule has 1 heterocycles. The van der Waals surface area contributed by atoms with E-state index in [1.165, 1.54) is 17.3 Å². The Balaban J connectivity index is 1.95. The molecule has 0 aliphatic heterocycles. The van der Waals surface area contributed by atoms with E-state index in [9.17, 15) is 4.79 Å². The summed E-state index contributed by atoms with van der Waals surface area (Å²) in [6.07, 6.45) is 0.129. The van der Waals surface area contributed by atoms with Crippen molar-refractivity contribution in [2.45, 2.75) is 31.3 Å². The molecule has 0 saturated heterocycles. The molecule has 0 aliphatic rings. The van der Waals surface area contributed by atoms with Gasteiger partial charge in [-0.05, 0) is 19.1 Å². The first-order chi connectivity index (χ1) is 9.54. The van der Waals surface area contributed by atoms with Crippen LogP contribution in [0.2, 0.25) is 0 Å². The maximum absolute atomic E-state index is 10.6. The zero-order chi connectivity index (χ0) is 14.5. The normalized spacial score (nSPS) is 12.3. The standard InChI is InChI=1S/C14H16N2O3S/c1-9-3-5-11(6-4-9)14-16-15-12(19-14)8-20-10(2)7-13(17)18/h3-6,10H,7-8H2,1-2H3,(H,17,18). The van der Waals surface area contributed by atoms with Gasteiger partial charge in [-0.15, -0.1) is 22.0 Å². The summed E-state index contributed by atoms with van der Waals surface area (Å²) in [5, 5.41) is 16.7. The van der Waals surface area contributed by atoms with Crippen LogP contribution in [0.5, 0.6) is 0 Å². The lowest BCUT2D eigenvalue weighted by molar-refractivity contribution is -0.136. The Morgan fingerprint density at radius 1 is 1.35 bits per heavy atom. The fraction of sp³-hybridized carbons (Fsp3) is 0.357. The third-order valence-electron chi connectivity index (χ3n) is 2.72. The number of aliphatic carboxylic acids is 1. The first-order valence-corrected chi connectivity index (χ1v) is 7.32. The molecule has 0 saturated carbocycles. The van der Waals surface area contributed by atoms with Crippen molar-refractivity contribution in [1.29, 1.82) is 0 Å². The van der Waals surface area contributed by atoms with E-state index in [-0.39, 0.29) is 11.7 Å². The Hall–Kier alpha value is -1.82. The minimum absolute atomic E-state index is 0.0159. The third kappa shape index (κ3) is 4.09. The summed E-state index contributed by atoms with van der Waals surface area (Å²) < 4.78 is 5.57. The number of aryl methyl sites for hydroxylation is 1. The average molecular weight is 292 g/mol. The Labute approximate surface area is 121 Å². The predicted molar refractivity (Wildman–Crippen MR) is 77.5 cm³/mol. The van der Waals surface area contributed by atoms with Gasteiger partial charge in [0, 0.05) is 10.8 Å². The van der Waals surface area contributed by atoms with Gasteiger partial charge in [-0.3, -0.25) is 4.79 Å².